The van der Waals surface area contributed by atoms with E-state index < -0.39 is 40.4 Å². The van der Waals surface area contributed by atoms with Crippen molar-refractivity contribution in [1.82, 2.24) is 5.32 Å². The number of carbonyl (C=O) groups excluding carboxylic acids is 2. The maximum Gasteiger partial charge on any atom is 0.270 e. The second-order valence-corrected chi connectivity index (χ2v) is 4.52. The predicted molar refractivity (Wildman–Crippen MR) is 80.5 cm³/mol. The Kier molecular flexibility index (Phi) is 4.98. The molecule has 0 spiro atoms. The summed E-state index contributed by atoms with van der Waals surface area (Å²) in [4.78, 5) is 33.4. The van der Waals surface area contributed by atoms with E-state index in [1.54, 1.807) is 30.3 Å². The van der Waals surface area contributed by atoms with Crippen molar-refractivity contribution in [3.8, 4) is 0 Å². The van der Waals surface area contributed by atoms with Gasteiger partial charge in [0.1, 0.15) is 5.82 Å². The molecule has 23 heavy (non-hydrogen) atoms. The molecule has 118 valence electrons. The topological polar surface area (TPSA) is 101 Å². The highest BCUT2D eigenvalue weighted by Gasteiger charge is 2.17. The molecule has 0 aliphatic heterocycles. The van der Waals surface area contributed by atoms with Gasteiger partial charge in [-0.3, -0.25) is 19.7 Å². The van der Waals surface area contributed by atoms with Gasteiger partial charge >= 0.3 is 0 Å². The number of benzene rings is 2. The van der Waals surface area contributed by atoms with Crippen molar-refractivity contribution in [2.45, 2.75) is 0 Å². The Labute approximate surface area is 130 Å². The Morgan fingerprint density at radius 2 is 1.83 bits per heavy atom. The molecule has 0 bridgehead atoms. The summed E-state index contributed by atoms with van der Waals surface area (Å²) in [6.07, 6.45) is 0. The summed E-state index contributed by atoms with van der Waals surface area (Å²) in [5.74, 6) is -2.32. The number of anilines is 1. The van der Waals surface area contributed by atoms with Crippen molar-refractivity contribution in [1.29, 1.82) is 0 Å². The van der Waals surface area contributed by atoms with Crippen molar-refractivity contribution in [2.75, 3.05) is 11.9 Å². The average Bonchev–Trinajstić information content (AvgIpc) is 2.53. The van der Waals surface area contributed by atoms with Gasteiger partial charge in [-0.05, 0) is 18.2 Å². The van der Waals surface area contributed by atoms with E-state index in [1.165, 1.54) is 0 Å². The van der Waals surface area contributed by atoms with Crippen molar-refractivity contribution >= 4 is 23.2 Å². The van der Waals surface area contributed by atoms with Gasteiger partial charge in [0.05, 0.1) is 17.0 Å². The van der Waals surface area contributed by atoms with Gasteiger partial charge in [-0.25, -0.2) is 4.39 Å². The molecule has 2 aromatic rings. The van der Waals surface area contributed by atoms with Crippen LogP contribution in [0.2, 0.25) is 0 Å². The molecule has 7 nitrogen and oxygen atoms in total. The van der Waals surface area contributed by atoms with Gasteiger partial charge in [0.25, 0.3) is 11.6 Å². The van der Waals surface area contributed by atoms with Crippen LogP contribution in [0.1, 0.15) is 10.4 Å². The molecule has 0 aliphatic carbocycles. The fourth-order valence-electron chi connectivity index (χ4n) is 1.78. The molecular weight excluding hydrogens is 305 g/mol. The number of hydrogen-bond acceptors (Lipinski definition) is 4. The summed E-state index contributed by atoms with van der Waals surface area (Å²) in [5.41, 5.74) is -0.356. The summed E-state index contributed by atoms with van der Waals surface area (Å²) >= 11 is 0. The largest absolute Gasteiger partial charge is 0.343 e. The highest BCUT2D eigenvalue weighted by atomic mass is 19.1. The number of nitrogens with one attached hydrogen (secondary N) is 2. The minimum Gasteiger partial charge on any atom is -0.343 e. The number of rotatable bonds is 5. The highest BCUT2D eigenvalue weighted by Crippen LogP contribution is 2.16. The van der Waals surface area contributed by atoms with Crippen LogP contribution in [-0.4, -0.2) is 23.3 Å². The minimum atomic E-state index is -0.908. The molecule has 8 heteroatoms. The first-order valence-corrected chi connectivity index (χ1v) is 6.54. The number of carbonyl (C=O) groups is 2. The molecule has 0 saturated carbocycles. The van der Waals surface area contributed by atoms with Crippen LogP contribution in [0.15, 0.2) is 48.5 Å². The number of non-ortho nitro benzene ring substituents is 1. The van der Waals surface area contributed by atoms with Gasteiger partial charge in [0.2, 0.25) is 5.91 Å². The maximum absolute atomic E-state index is 13.6. The van der Waals surface area contributed by atoms with Crippen LogP contribution in [-0.2, 0) is 4.79 Å². The van der Waals surface area contributed by atoms with E-state index >= 15 is 0 Å². The van der Waals surface area contributed by atoms with Crippen molar-refractivity contribution in [2.24, 2.45) is 0 Å². The van der Waals surface area contributed by atoms with Crippen LogP contribution in [0.25, 0.3) is 0 Å². The molecule has 0 radical (unpaired) electrons. The standard InChI is InChI=1S/C15H12FN3O4/c16-13-7-6-11(19(22)23)8-12(13)15(21)17-9-14(20)18-10-4-2-1-3-5-10/h1-8H,9H2,(H,17,21)(H,18,20). The zero-order valence-corrected chi connectivity index (χ0v) is 11.8. The van der Waals surface area contributed by atoms with E-state index in [9.17, 15) is 24.1 Å². The molecule has 0 atom stereocenters. The first-order chi connectivity index (χ1) is 11.0. The van der Waals surface area contributed by atoms with Gasteiger partial charge in [-0.15, -0.1) is 0 Å². The molecule has 2 aromatic carbocycles. The van der Waals surface area contributed by atoms with E-state index in [2.05, 4.69) is 10.6 Å². The highest BCUT2D eigenvalue weighted by molar-refractivity contribution is 5.99. The normalized spacial score (nSPS) is 9.96. The van der Waals surface area contributed by atoms with E-state index in [0.717, 1.165) is 18.2 Å². The minimum absolute atomic E-state index is 0.393. The van der Waals surface area contributed by atoms with Gasteiger partial charge in [0.15, 0.2) is 0 Å². The number of nitro benzene ring substituents is 1. The number of halogens is 1. The summed E-state index contributed by atoms with van der Waals surface area (Å²) < 4.78 is 13.6. The predicted octanol–water partition coefficient (Wildman–Crippen LogP) is 2.10. The van der Waals surface area contributed by atoms with Gasteiger partial charge in [-0.2, -0.15) is 0 Å². The van der Waals surface area contributed by atoms with Crippen LogP contribution >= 0.6 is 0 Å². The lowest BCUT2D eigenvalue weighted by molar-refractivity contribution is -0.384. The van der Waals surface area contributed by atoms with Crippen LogP contribution in [0.3, 0.4) is 0 Å². The zero-order chi connectivity index (χ0) is 16.8. The van der Waals surface area contributed by atoms with Crippen molar-refractivity contribution in [3.05, 3.63) is 70.0 Å². The molecule has 0 unspecified atom stereocenters. The van der Waals surface area contributed by atoms with E-state index in [4.69, 9.17) is 0 Å². The quantitative estimate of drug-likeness (QED) is 0.651. The SMILES string of the molecule is O=C(CNC(=O)c1cc([N+](=O)[O-])ccc1F)Nc1ccccc1. The molecule has 0 aromatic heterocycles. The third kappa shape index (κ3) is 4.34. The fourth-order valence-corrected chi connectivity index (χ4v) is 1.78. The first-order valence-electron chi connectivity index (χ1n) is 6.54. The molecular formula is C15H12FN3O4. The molecule has 2 N–H and O–H groups in total. The molecule has 0 fully saturated rings. The van der Waals surface area contributed by atoms with E-state index in [1.807, 2.05) is 0 Å². The lowest BCUT2D eigenvalue weighted by Crippen LogP contribution is -2.33. The Morgan fingerprint density at radius 3 is 2.48 bits per heavy atom. The molecule has 0 heterocycles. The Bertz CT molecular complexity index is 750. The van der Waals surface area contributed by atoms with Crippen LogP contribution in [0.5, 0.6) is 0 Å². The van der Waals surface area contributed by atoms with Crippen molar-refractivity contribution < 1.29 is 18.9 Å². The average molecular weight is 317 g/mol. The summed E-state index contributed by atoms with van der Waals surface area (Å²) in [6, 6.07) is 11.2. The van der Waals surface area contributed by atoms with Crippen LogP contribution < -0.4 is 10.6 Å². The number of amides is 2. The first kappa shape index (κ1) is 16.1. The summed E-state index contributed by atoms with van der Waals surface area (Å²) in [5, 5.41) is 15.4. The lowest BCUT2D eigenvalue weighted by Gasteiger charge is -2.07. The van der Waals surface area contributed by atoms with Crippen LogP contribution in [0, 0.1) is 15.9 Å². The fraction of sp³-hybridized carbons (Fsp3) is 0.0667. The Morgan fingerprint density at radius 1 is 1.13 bits per heavy atom. The number of nitro groups is 1. The van der Waals surface area contributed by atoms with Gasteiger partial charge in [-0.1, -0.05) is 18.2 Å². The molecule has 2 rings (SSSR count). The van der Waals surface area contributed by atoms with Gasteiger partial charge < -0.3 is 10.6 Å². The van der Waals surface area contributed by atoms with E-state index in [0.29, 0.717) is 5.69 Å². The summed E-state index contributed by atoms with van der Waals surface area (Å²) in [6.45, 7) is -0.393. The molecule has 2 amide bonds. The third-order valence-electron chi connectivity index (χ3n) is 2.87. The number of hydrogen-bond donors (Lipinski definition) is 2. The Balaban J connectivity index is 1.98. The van der Waals surface area contributed by atoms with Gasteiger partial charge in [0, 0.05) is 17.8 Å². The number of nitrogens with zero attached hydrogens (tertiary/aromatic N) is 1. The second-order valence-electron chi connectivity index (χ2n) is 4.52. The van der Waals surface area contributed by atoms with E-state index in [-0.39, 0.29) is 0 Å². The number of para-hydroxylation sites is 1. The zero-order valence-electron chi connectivity index (χ0n) is 11.8. The Hall–Kier alpha value is -3.29. The second kappa shape index (κ2) is 7.12. The van der Waals surface area contributed by atoms with Crippen LogP contribution in [0.4, 0.5) is 15.8 Å². The third-order valence-corrected chi connectivity index (χ3v) is 2.87. The summed E-state index contributed by atoms with van der Waals surface area (Å²) in [7, 11) is 0. The maximum atomic E-state index is 13.6. The monoisotopic (exact) mass is 317 g/mol. The molecule has 0 aliphatic rings. The molecule has 0 saturated heterocycles. The van der Waals surface area contributed by atoms with Crippen molar-refractivity contribution in [3.63, 3.8) is 0 Å². The smallest absolute Gasteiger partial charge is 0.270 e. The lowest BCUT2D eigenvalue weighted by atomic mass is 10.1.